The second-order valence-corrected chi connectivity index (χ2v) is 9.51. The molecule has 6 heteroatoms. The molecule has 1 aliphatic heterocycles. The Hall–Kier alpha value is -0.560. The van der Waals surface area contributed by atoms with Gasteiger partial charge in [0.25, 0.3) is 0 Å². The van der Waals surface area contributed by atoms with Gasteiger partial charge in [-0.25, -0.2) is 8.42 Å². The Morgan fingerprint density at radius 3 is 2.61 bits per heavy atom. The molecule has 4 nitrogen and oxygen atoms in total. The molecule has 0 amide bonds. The lowest BCUT2D eigenvalue weighted by Crippen LogP contribution is -2.43. The summed E-state index contributed by atoms with van der Waals surface area (Å²) in [5.41, 5.74) is 1.07. The summed E-state index contributed by atoms with van der Waals surface area (Å²) < 4.78 is 31.2. The van der Waals surface area contributed by atoms with Gasteiger partial charge in [-0.2, -0.15) is 11.8 Å². The van der Waals surface area contributed by atoms with Gasteiger partial charge in [0.05, 0.1) is 16.2 Å². The van der Waals surface area contributed by atoms with Crippen LogP contribution in [0.15, 0.2) is 29.2 Å². The minimum Gasteiger partial charge on any atom is -0.379 e. The summed E-state index contributed by atoms with van der Waals surface area (Å²) in [6.45, 7) is 7.50. The van der Waals surface area contributed by atoms with Gasteiger partial charge in [0.1, 0.15) is 0 Å². The average molecular weight is 358 g/mol. The molecule has 2 rings (SSSR count). The third kappa shape index (κ3) is 5.21. The molecular weight excluding hydrogens is 330 g/mol. The van der Waals surface area contributed by atoms with Crippen LogP contribution >= 0.6 is 11.8 Å². The lowest BCUT2D eigenvalue weighted by Gasteiger charge is -2.21. The lowest BCUT2D eigenvalue weighted by molar-refractivity contribution is 0.0768. The maximum Gasteiger partial charge on any atom is 0.183 e. The average Bonchev–Trinajstić information content (AvgIpc) is 2.96. The molecule has 1 aliphatic rings. The number of ether oxygens (including phenoxy) is 1. The molecule has 0 aromatic heterocycles. The van der Waals surface area contributed by atoms with Crippen molar-refractivity contribution < 1.29 is 13.2 Å². The molecule has 0 bridgehead atoms. The van der Waals surface area contributed by atoms with E-state index in [1.54, 1.807) is 23.9 Å². The number of sulfone groups is 1. The molecule has 0 saturated carbocycles. The van der Waals surface area contributed by atoms with Crippen molar-refractivity contribution >= 4 is 21.6 Å². The Morgan fingerprint density at radius 2 is 1.96 bits per heavy atom. The highest BCUT2D eigenvalue weighted by Gasteiger charge is 2.38. The monoisotopic (exact) mass is 357 g/mol. The predicted octanol–water partition coefficient (Wildman–Crippen LogP) is 2.66. The van der Waals surface area contributed by atoms with E-state index in [0.717, 1.165) is 24.3 Å². The first-order valence-corrected chi connectivity index (χ1v) is 10.8. The zero-order valence-electron chi connectivity index (χ0n) is 14.1. The van der Waals surface area contributed by atoms with E-state index in [0.29, 0.717) is 17.3 Å². The van der Waals surface area contributed by atoms with E-state index in [4.69, 9.17) is 4.74 Å². The smallest absolute Gasteiger partial charge is 0.183 e. The highest BCUT2D eigenvalue weighted by molar-refractivity contribution is 8.01. The molecule has 23 heavy (non-hydrogen) atoms. The normalized spacial score (nSPS) is 21.9. The van der Waals surface area contributed by atoms with E-state index >= 15 is 0 Å². The zero-order chi connectivity index (χ0) is 16.9. The summed E-state index contributed by atoms with van der Waals surface area (Å²) in [6, 6.07) is 7.19. The first kappa shape index (κ1) is 18.8. The molecule has 2 atom stereocenters. The molecular formula is C17H27NO3S2. The van der Waals surface area contributed by atoms with Crippen molar-refractivity contribution in [2.45, 2.75) is 49.5 Å². The van der Waals surface area contributed by atoms with Gasteiger partial charge in [-0.05, 0) is 45.9 Å². The van der Waals surface area contributed by atoms with Crippen LogP contribution in [0.25, 0.3) is 0 Å². The number of hydrogen-bond donors (Lipinski definition) is 1. The van der Waals surface area contributed by atoms with E-state index in [2.05, 4.69) is 5.32 Å². The number of rotatable bonds is 8. The molecule has 1 aromatic rings. The third-order valence-electron chi connectivity index (χ3n) is 3.96. The van der Waals surface area contributed by atoms with Crippen molar-refractivity contribution in [1.82, 2.24) is 5.32 Å². The Balaban J connectivity index is 1.93. The molecule has 1 saturated heterocycles. The van der Waals surface area contributed by atoms with Crippen LogP contribution in [0, 0.1) is 6.92 Å². The van der Waals surface area contributed by atoms with Gasteiger partial charge in [0.15, 0.2) is 9.84 Å². The lowest BCUT2D eigenvalue weighted by atomic mass is 10.2. The molecule has 130 valence electrons. The van der Waals surface area contributed by atoms with Gasteiger partial charge in [-0.3, -0.25) is 0 Å². The Labute approximate surface area is 144 Å². The van der Waals surface area contributed by atoms with Crippen LogP contribution in [0.2, 0.25) is 0 Å². The second kappa shape index (κ2) is 8.51. The highest BCUT2D eigenvalue weighted by Crippen LogP contribution is 2.29. The van der Waals surface area contributed by atoms with Gasteiger partial charge in [-0.1, -0.05) is 17.7 Å². The van der Waals surface area contributed by atoms with Crippen LogP contribution in [0.3, 0.4) is 0 Å². The third-order valence-corrected chi connectivity index (χ3v) is 7.58. The molecule has 0 spiro atoms. The van der Waals surface area contributed by atoms with Crippen molar-refractivity contribution in [2.75, 3.05) is 24.7 Å². The van der Waals surface area contributed by atoms with E-state index in [1.165, 1.54) is 0 Å². The van der Waals surface area contributed by atoms with Crippen LogP contribution in [-0.2, 0) is 14.6 Å². The Kier molecular flexibility index (Phi) is 6.95. The summed E-state index contributed by atoms with van der Waals surface area (Å²) in [5, 5.41) is 3.07. The minimum atomic E-state index is -3.28. The standard InChI is InChI=1S/C17H27NO3S2/c1-13(2)21-10-4-9-18-16-11-22-12-17(16)23(19,20)15-7-5-14(3)6-8-15/h5-8,13,16-18H,4,9-12H2,1-3H3/t16-,17-/m0/s1. The SMILES string of the molecule is Cc1ccc(S(=O)(=O)[C@H]2CSC[C@@H]2NCCCOC(C)C)cc1. The molecule has 1 N–H and O–H groups in total. The van der Waals surface area contributed by atoms with Gasteiger partial charge in [0.2, 0.25) is 0 Å². The van der Waals surface area contributed by atoms with Gasteiger partial charge in [-0.15, -0.1) is 0 Å². The van der Waals surface area contributed by atoms with Crippen molar-refractivity contribution in [3.05, 3.63) is 29.8 Å². The fraction of sp³-hybridized carbons (Fsp3) is 0.647. The molecule has 0 radical (unpaired) electrons. The summed E-state index contributed by atoms with van der Waals surface area (Å²) in [6.07, 6.45) is 1.14. The number of aryl methyl sites for hydroxylation is 1. The van der Waals surface area contributed by atoms with E-state index in [9.17, 15) is 8.42 Å². The number of benzene rings is 1. The predicted molar refractivity (Wildman–Crippen MR) is 97.0 cm³/mol. The maximum absolute atomic E-state index is 12.9. The van der Waals surface area contributed by atoms with Crippen molar-refractivity contribution in [3.63, 3.8) is 0 Å². The number of nitrogens with one attached hydrogen (secondary N) is 1. The largest absolute Gasteiger partial charge is 0.379 e. The minimum absolute atomic E-state index is 0.0188. The number of thioether (sulfide) groups is 1. The van der Waals surface area contributed by atoms with Crippen LogP contribution in [-0.4, -0.2) is 50.5 Å². The van der Waals surface area contributed by atoms with E-state index in [-0.39, 0.29) is 17.4 Å². The summed E-state index contributed by atoms with van der Waals surface area (Å²) >= 11 is 1.71. The van der Waals surface area contributed by atoms with Gasteiger partial charge < -0.3 is 10.1 Å². The first-order chi connectivity index (χ1) is 10.9. The summed E-state index contributed by atoms with van der Waals surface area (Å²) in [5.74, 6) is 1.51. The first-order valence-electron chi connectivity index (χ1n) is 8.14. The van der Waals surface area contributed by atoms with Gasteiger partial charge in [0, 0.05) is 24.2 Å². The topological polar surface area (TPSA) is 55.4 Å². The van der Waals surface area contributed by atoms with Crippen LogP contribution in [0.1, 0.15) is 25.8 Å². The second-order valence-electron chi connectivity index (χ2n) is 6.27. The van der Waals surface area contributed by atoms with Crippen LogP contribution < -0.4 is 5.32 Å². The Morgan fingerprint density at radius 1 is 1.26 bits per heavy atom. The number of hydrogen-bond acceptors (Lipinski definition) is 5. The highest BCUT2D eigenvalue weighted by atomic mass is 32.2. The summed E-state index contributed by atoms with van der Waals surface area (Å²) in [4.78, 5) is 0.436. The van der Waals surface area contributed by atoms with Crippen LogP contribution in [0.5, 0.6) is 0 Å². The van der Waals surface area contributed by atoms with Crippen molar-refractivity contribution in [2.24, 2.45) is 0 Å². The van der Waals surface area contributed by atoms with Crippen LogP contribution in [0.4, 0.5) is 0 Å². The quantitative estimate of drug-likeness (QED) is 0.725. The van der Waals surface area contributed by atoms with Gasteiger partial charge >= 0.3 is 0 Å². The fourth-order valence-electron chi connectivity index (χ4n) is 2.61. The summed E-state index contributed by atoms with van der Waals surface area (Å²) in [7, 11) is -3.28. The maximum atomic E-state index is 12.9. The molecule has 0 aliphatic carbocycles. The zero-order valence-corrected chi connectivity index (χ0v) is 15.8. The molecule has 1 heterocycles. The van der Waals surface area contributed by atoms with Crippen molar-refractivity contribution in [1.29, 1.82) is 0 Å². The molecule has 1 fully saturated rings. The fourth-order valence-corrected chi connectivity index (χ4v) is 6.43. The molecule has 0 unspecified atom stereocenters. The van der Waals surface area contributed by atoms with E-state index < -0.39 is 9.84 Å². The molecule has 1 aromatic carbocycles. The van der Waals surface area contributed by atoms with E-state index in [1.807, 2.05) is 32.9 Å². The Bertz CT molecular complexity index is 584. The van der Waals surface area contributed by atoms with Crippen molar-refractivity contribution in [3.8, 4) is 0 Å².